The standard InChI is InChI=1S/C26H22FN3O4.C7H12FN/c1-6-17-19(27)8-7-15-9-16(31)10-18(20(15)17)23-13(3)22-21(25(32)34-23)24(29-26(28-22)33-5)30-11-12(2)14(30)4;8-6-4-7-2-1-3-9(7)5-6/h1,7-10,12,14,31H,11H2,2-5H3;6-7H,1-5H2. The molecule has 3 aliphatic heterocycles. The molecule has 43 heavy (non-hydrogen) atoms. The van der Waals surface area contributed by atoms with Gasteiger partial charge in [0, 0.05) is 41.7 Å². The summed E-state index contributed by atoms with van der Waals surface area (Å²) in [7, 11) is 1.46. The van der Waals surface area contributed by atoms with Gasteiger partial charge in [-0.05, 0) is 69.2 Å². The van der Waals surface area contributed by atoms with E-state index in [-0.39, 0.29) is 34.5 Å². The molecule has 3 aliphatic rings. The molecule has 0 radical (unpaired) electrons. The molecule has 5 heterocycles. The third-order valence-electron chi connectivity index (χ3n) is 9.12. The lowest BCUT2D eigenvalue weighted by Crippen LogP contribution is -2.54. The maximum Gasteiger partial charge on any atom is 0.349 e. The van der Waals surface area contributed by atoms with Gasteiger partial charge in [-0.15, -0.1) is 6.42 Å². The van der Waals surface area contributed by atoms with Crippen molar-refractivity contribution >= 4 is 27.5 Å². The number of hydrogen-bond donors (Lipinski definition) is 1. The predicted octanol–water partition coefficient (Wildman–Crippen LogP) is 5.58. The van der Waals surface area contributed by atoms with Crippen LogP contribution in [0.15, 0.2) is 33.5 Å². The number of nitrogens with zero attached hydrogens (tertiary/aromatic N) is 4. The molecule has 0 saturated carbocycles. The summed E-state index contributed by atoms with van der Waals surface area (Å²) in [6.45, 7) is 8.52. The second-order valence-corrected chi connectivity index (χ2v) is 11.8. The minimum Gasteiger partial charge on any atom is -0.508 e. The Morgan fingerprint density at radius 3 is 2.65 bits per heavy atom. The molecule has 3 saturated heterocycles. The van der Waals surface area contributed by atoms with Gasteiger partial charge in [-0.3, -0.25) is 4.90 Å². The number of phenols is 1. The zero-order valence-electron chi connectivity index (χ0n) is 24.7. The highest BCUT2D eigenvalue weighted by atomic mass is 19.1. The van der Waals surface area contributed by atoms with Crippen LogP contribution in [-0.4, -0.2) is 65.0 Å². The molecule has 2 aromatic carbocycles. The quantitative estimate of drug-likeness (QED) is 0.310. The van der Waals surface area contributed by atoms with Crippen molar-refractivity contribution in [3.8, 4) is 35.4 Å². The number of ether oxygens (including phenoxy) is 1. The molecule has 0 bridgehead atoms. The molecular weight excluding hydrogens is 554 g/mol. The molecule has 224 valence electrons. The average molecular weight is 589 g/mol. The molecule has 8 nitrogen and oxygen atoms in total. The van der Waals surface area contributed by atoms with Crippen LogP contribution >= 0.6 is 0 Å². The first kappa shape index (κ1) is 28.9. The van der Waals surface area contributed by atoms with Gasteiger partial charge in [0.25, 0.3) is 0 Å². The zero-order chi connectivity index (χ0) is 30.6. The number of halogens is 2. The number of anilines is 1. The highest BCUT2D eigenvalue weighted by Gasteiger charge is 2.36. The number of methoxy groups -OCH3 is 1. The fourth-order valence-electron chi connectivity index (χ4n) is 6.62. The Morgan fingerprint density at radius 1 is 1.19 bits per heavy atom. The number of terminal acetylenes is 1. The van der Waals surface area contributed by atoms with Crippen LogP contribution in [0.5, 0.6) is 11.8 Å². The van der Waals surface area contributed by atoms with Gasteiger partial charge in [-0.2, -0.15) is 9.97 Å². The van der Waals surface area contributed by atoms with E-state index in [1.807, 2.05) is 4.90 Å². The topological polar surface area (TPSA) is 91.9 Å². The van der Waals surface area contributed by atoms with Crippen LogP contribution in [0.25, 0.3) is 33.0 Å². The third-order valence-corrected chi connectivity index (χ3v) is 9.12. The van der Waals surface area contributed by atoms with E-state index in [2.05, 4.69) is 34.6 Å². The highest BCUT2D eigenvalue weighted by molar-refractivity contribution is 6.03. The van der Waals surface area contributed by atoms with E-state index in [0.717, 1.165) is 19.5 Å². The Bertz CT molecular complexity index is 1820. The van der Waals surface area contributed by atoms with Gasteiger partial charge in [-0.1, -0.05) is 18.9 Å². The molecule has 0 spiro atoms. The summed E-state index contributed by atoms with van der Waals surface area (Å²) in [5.41, 5.74) is 0.532. The van der Waals surface area contributed by atoms with Crippen LogP contribution < -0.4 is 15.3 Å². The van der Waals surface area contributed by atoms with Crippen molar-refractivity contribution in [3.63, 3.8) is 0 Å². The van der Waals surface area contributed by atoms with Gasteiger partial charge in [0.15, 0.2) is 5.82 Å². The number of phenolic OH excluding ortho intramolecular Hbond substituents is 1. The lowest BCUT2D eigenvalue weighted by molar-refractivity contribution is 0.292. The van der Waals surface area contributed by atoms with E-state index in [4.69, 9.17) is 15.6 Å². The predicted molar refractivity (Wildman–Crippen MR) is 162 cm³/mol. The van der Waals surface area contributed by atoms with Crippen molar-refractivity contribution in [1.29, 1.82) is 0 Å². The smallest absolute Gasteiger partial charge is 0.349 e. The lowest BCUT2D eigenvalue weighted by Gasteiger charge is -2.45. The molecule has 3 fully saturated rings. The largest absolute Gasteiger partial charge is 0.508 e. The molecule has 4 aromatic rings. The highest BCUT2D eigenvalue weighted by Crippen LogP contribution is 2.40. The SMILES string of the molecule is C#Cc1c(F)ccc2cc(O)cc(-c3oc(=O)c4c(N5CC(C)C5C)nc(OC)nc4c3C)c12.FC1CC2CCCN2C1. The minimum absolute atomic E-state index is 0.0130. The Labute approximate surface area is 248 Å². The van der Waals surface area contributed by atoms with Gasteiger partial charge < -0.3 is 19.2 Å². The van der Waals surface area contributed by atoms with E-state index in [1.54, 1.807) is 6.92 Å². The van der Waals surface area contributed by atoms with E-state index in [1.165, 1.54) is 44.2 Å². The normalized spacial score (nSPS) is 23.0. The molecular formula is C33H34F2N4O4. The Kier molecular flexibility index (Phi) is 7.46. The van der Waals surface area contributed by atoms with Crippen LogP contribution in [-0.2, 0) is 0 Å². The minimum atomic E-state index is -0.643. The summed E-state index contributed by atoms with van der Waals surface area (Å²) >= 11 is 0. The number of aromatic nitrogens is 2. The number of fused-ring (bicyclic) bond motifs is 3. The first-order valence-electron chi connectivity index (χ1n) is 14.6. The van der Waals surface area contributed by atoms with Crippen molar-refractivity contribution in [3.05, 3.63) is 51.6 Å². The number of alkyl halides is 1. The maximum absolute atomic E-state index is 14.6. The van der Waals surface area contributed by atoms with Crippen molar-refractivity contribution in [2.75, 3.05) is 31.6 Å². The Balaban J connectivity index is 0.000000310. The van der Waals surface area contributed by atoms with Gasteiger partial charge >= 0.3 is 11.6 Å². The Morgan fingerprint density at radius 2 is 1.98 bits per heavy atom. The molecule has 4 atom stereocenters. The van der Waals surface area contributed by atoms with Gasteiger partial charge in [-0.25, -0.2) is 13.6 Å². The van der Waals surface area contributed by atoms with E-state index in [0.29, 0.717) is 51.7 Å². The molecule has 7 rings (SSSR count). The Hall–Kier alpha value is -4.23. The van der Waals surface area contributed by atoms with Gasteiger partial charge in [0.1, 0.15) is 28.9 Å². The first-order chi connectivity index (χ1) is 20.6. The van der Waals surface area contributed by atoms with Crippen molar-refractivity contribution in [1.82, 2.24) is 14.9 Å². The fraction of sp³-hybridized carbons (Fsp3) is 0.424. The van der Waals surface area contributed by atoms with Crippen LogP contribution in [0.4, 0.5) is 14.6 Å². The fourth-order valence-corrected chi connectivity index (χ4v) is 6.62. The van der Waals surface area contributed by atoms with Gasteiger partial charge in [0.05, 0.1) is 18.2 Å². The monoisotopic (exact) mass is 588 g/mol. The zero-order valence-corrected chi connectivity index (χ0v) is 24.7. The van der Waals surface area contributed by atoms with Crippen LogP contribution in [0, 0.1) is 31.0 Å². The number of hydrogen-bond acceptors (Lipinski definition) is 8. The van der Waals surface area contributed by atoms with E-state index < -0.39 is 17.6 Å². The van der Waals surface area contributed by atoms with Crippen molar-refractivity contribution in [2.45, 2.75) is 58.3 Å². The molecule has 10 heteroatoms. The molecule has 0 amide bonds. The van der Waals surface area contributed by atoms with Crippen LogP contribution in [0.1, 0.15) is 44.2 Å². The summed E-state index contributed by atoms with van der Waals surface area (Å²) in [6, 6.07) is 6.54. The van der Waals surface area contributed by atoms with Crippen molar-refractivity contribution in [2.24, 2.45) is 5.92 Å². The van der Waals surface area contributed by atoms with E-state index >= 15 is 0 Å². The van der Waals surface area contributed by atoms with Gasteiger partial charge in [0.2, 0.25) is 0 Å². The van der Waals surface area contributed by atoms with Crippen LogP contribution in [0.2, 0.25) is 0 Å². The second kappa shape index (κ2) is 11.1. The van der Waals surface area contributed by atoms with Crippen molar-refractivity contribution < 1.29 is 23.0 Å². The molecule has 0 aliphatic carbocycles. The average Bonchev–Trinajstić information content (AvgIpc) is 3.58. The number of rotatable bonds is 3. The number of benzene rings is 2. The van der Waals surface area contributed by atoms with E-state index in [9.17, 15) is 18.7 Å². The molecule has 2 aromatic heterocycles. The maximum atomic E-state index is 14.6. The lowest BCUT2D eigenvalue weighted by atomic mass is 9.91. The number of aryl methyl sites for hydroxylation is 1. The summed E-state index contributed by atoms with van der Waals surface area (Å²) in [6.07, 6.45) is 8.42. The first-order valence-corrected chi connectivity index (χ1v) is 14.6. The summed E-state index contributed by atoms with van der Waals surface area (Å²) in [4.78, 5) is 26.5. The third kappa shape index (κ3) is 4.95. The summed E-state index contributed by atoms with van der Waals surface area (Å²) < 4.78 is 38.3. The summed E-state index contributed by atoms with van der Waals surface area (Å²) in [5.74, 6) is 2.74. The number of aromatic hydroxyl groups is 1. The molecule has 1 N–H and O–H groups in total. The van der Waals surface area contributed by atoms with Crippen LogP contribution in [0.3, 0.4) is 0 Å². The molecule has 4 unspecified atom stereocenters. The summed E-state index contributed by atoms with van der Waals surface area (Å²) in [5, 5.41) is 11.5. The second-order valence-electron chi connectivity index (χ2n) is 11.8.